The number of rotatable bonds is 12. The van der Waals surface area contributed by atoms with E-state index in [9.17, 15) is 5.26 Å². The van der Waals surface area contributed by atoms with Crippen molar-refractivity contribution in [3.8, 4) is 11.8 Å². The lowest BCUT2D eigenvalue weighted by molar-refractivity contribution is 0.223. The van der Waals surface area contributed by atoms with Crippen LogP contribution in [0.4, 0.5) is 0 Å². The highest BCUT2D eigenvalue weighted by Gasteiger charge is 2.27. The van der Waals surface area contributed by atoms with E-state index in [-0.39, 0.29) is 5.92 Å². The Morgan fingerprint density at radius 3 is 2.30 bits per heavy atom. The average Bonchev–Trinajstić information content (AvgIpc) is 2.71. The minimum absolute atomic E-state index is 0.165. The lowest BCUT2D eigenvalue weighted by Gasteiger charge is -2.31. The fourth-order valence-electron chi connectivity index (χ4n) is 4.48. The van der Waals surface area contributed by atoms with Crippen molar-refractivity contribution in [1.82, 2.24) is 0 Å². The zero-order valence-corrected chi connectivity index (χ0v) is 17.6. The fourth-order valence-corrected chi connectivity index (χ4v) is 4.48. The quantitative estimate of drug-likeness (QED) is 0.361. The molecule has 1 aromatic carbocycles. The fraction of sp³-hybridized carbons (Fsp3) is 0.720. The Morgan fingerprint density at radius 1 is 0.963 bits per heavy atom. The average molecular weight is 370 g/mol. The molecule has 1 aliphatic rings. The number of nitrogens with zero attached hydrogens (tertiary/aromatic N) is 1. The van der Waals surface area contributed by atoms with Gasteiger partial charge in [-0.3, -0.25) is 0 Å². The molecule has 1 atom stereocenters. The van der Waals surface area contributed by atoms with E-state index < -0.39 is 0 Å². The Balaban J connectivity index is 1.73. The zero-order valence-electron chi connectivity index (χ0n) is 17.6. The molecule has 1 aliphatic carbocycles. The number of ether oxygens (including phenoxy) is 1. The number of hydrogen-bond donors (Lipinski definition) is 0. The number of nitriles is 1. The molecule has 1 saturated carbocycles. The van der Waals surface area contributed by atoms with Gasteiger partial charge in [0.15, 0.2) is 0 Å². The maximum absolute atomic E-state index is 9.69. The monoisotopic (exact) mass is 369 g/mol. The van der Waals surface area contributed by atoms with E-state index in [4.69, 9.17) is 4.74 Å². The molecular formula is C25H39NO. The predicted octanol–water partition coefficient (Wildman–Crippen LogP) is 7.32. The third-order valence-electron chi connectivity index (χ3n) is 6.22. The van der Waals surface area contributed by atoms with Crippen LogP contribution in [-0.4, -0.2) is 6.61 Å². The second-order valence-electron chi connectivity index (χ2n) is 8.42. The summed E-state index contributed by atoms with van der Waals surface area (Å²) in [5.41, 5.74) is 1.27. The molecule has 150 valence electrons. The van der Waals surface area contributed by atoms with E-state index in [1.54, 1.807) is 0 Å². The molecule has 0 saturated heterocycles. The third-order valence-corrected chi connectivity index (χ3v) is 6.22. The number of unbranched alkanes of at least 4 members (excludes halogenated alkanes) is 4. The normalized spacial score (nSPS) is 20.8. The molecule has 0 N–H and O–H groups in total. The lowest BCUT2D eigenvalue weighted by atomic mass is 9.73. The van der Waals surface area contributed by atoms with Crippen molar-refractivity contribution in [2.45, 2.75) is 90.9 Å². The van der Waals surface area contributed by atoms with Crippen molar-refractivity contribution in [2.75, 3.05) is 6.61 Å². The van der Waals surface area contributed by atoms with Crippen LogP contribution in [-0.2, 0) is 6.42 Å². The van der Waals surface area contributed by atoms with Crippen LogP contribution in [0.15, 0.2) is 24.3 Å². The number of benzene rings is 1. The molecule has 0 bridgehead atoms. The minimum Gasteiger partial charge on any atom is -0.494 e. The highest BCUT2D eigenvalue weighted by molar-refractivity contribution is 5.28. The molecule has 2 nitrogen and oxygen atoms in total. The van der Waals surface area contributed by atoms with Crippen LogP contribution in [0.3, 0.4) is 0 Å². The van der Waals surface area contributed by atoms with Gasteiger partial charge in [0.2, 0.25) is 0 Å². The van der Waals surface area contributed by atoms with E-state index in [1.165, 1.54) is 69.8 Å². The van der Waals surface area contributed by atoms with E-state index in [2.05, 4.69) is 44.2 Å². The molecule has 1 aromatic rings. The summed E-state index contributed by atoms with van der Waals surface area (Å²) in [6.07, 6.45) is 15.0. The van der Waals surface area contributed by atoms with Crippen molar-refractivity contribution in [3.05, 3.63) is 29.8 Å². The summed E-state index contributed by atoms with van der Waals surface area (Å²) >= 11 is 0. The first-order chi connectivity index (χ1) is 13.3. The molecule has 27 heavy (non-hydrogen) atoms. The summed E-state index contributed by atoms with van der Waals surface area (Å²) in [4.78, 5) is 0. The molecule has 0 aliphatic heterocycles. The first-order valence-electron chi connectivity index (χ1n) is 11.4. The van der Waals surface area contributed by atoms with Crippen LogP contribution in [0, 0.1) is 29.1 Å². The molecule has 0 heterocycles. The van der Waals surface area contributed by atoms with Gasteiger partial charge in [-0.2, -0.15) is 5.26 Å². The van der Waals surface area contributed by atoms with Crippen LogP contribution >= 0.6 is 0 Å². The SMILES string of the molecule is CCCCCCCOc1ccc(CC(C#N)C2CCC(CCC)CC2)cc1. The van der Waals surface area contributed by atoms with Gasteiger partial charge >= 0.3 is 0 Å². The second kappa shape index (κ2) is 12.8. The Hall–Kier alpha value is -1.49. The Labute approximate surface area is 167 Å². The molecule has 2 heteroatoms. The topological polar surface area (TPSA) is 33.0 Å². The van der Waals surface area contributed by atoms with Gasteiger partial charge < -0.3 is 4.74 Å². The molecule has 0 spiro atoms. The van der Waals surface area contributed by atoms with Gasteiger partial charge in [0.25, 0.3) is 0 Å². The second-order valence-corrected chi connectivity index (χ2v) is 8.42. The van der Waals surface area contributed by atoms with Gasteiger partial charge in [-0.05, 0) is 55.2 Å². The summed E-state index contributed by atoms with van der Waals surface area (Å²) in [7, 11) is 0. The van der Waals surface area contributed by atoms with Crippen molar-refractivity contribution in [1.29, 1.82) is 5.26 Å². The Kier molecular flexibility index (Phi) is 10.4. The third kappa shape index (κ3) is 7.96. The smallest absolute Gasteiger partial charge is 0.119 e. The molecular weight excluding hydrogens is 330 g/mol. The summed E-state index contributed by atoms with van der Waals surface area (Å²) in [6.45, 7) is 5.33. The maximum atomic E-state index is 9.69. The first-order valence-corrected chi connectivity index (χ1v) is 11.4. The molecule has 0 radical (unpaired) electrons. The minimum atomic E-state index is 0.165. The molecule has 0 amide bonds. The first kappa shape index (κ1) is 21.8. The summed E-state index contributed by atoms with van der Waals surface area (Å²) < 4.78 is 5.86. The van der Waals surface area contributed by atoms with Crippen molar-refractivity contribution in [3.63, 3.8) is 0 Å². The highest BCUT2D eigenvalue weighted by atomic mass is 16.5. The van der Waals surface area contributed by atoms with Crippen LogP contribution in [0.2, 0.25) is 0 Å². The van der Waals surface area contributed by atoms with E-state index >= 15 is 0 Å². The van der Waals surface area contributed by atoms with E-state index in [1.807, 2.05) is 0 Å². The van der Waals surface area contributed by atoms with Crippen LogP contribution < -0.4 is 4.74 Å². The van der Waals surface area contributed by atoms with Gasteiger partial charge in [0, 0.05) is 0 Å². The highest BCUT2D eigenvalue weighted by Crippen LogP contribution is 2.36. The molecule has 1 fully saturated rings. The summed E-state index contributed by atoms with van der Waals surface area (Å²) in [6, 6.07) is 11.1. The largest absolute Gasteiger partial charge is 0.494 e. The van der Waals surface area contributed by atoms with Crippen LogP contribution in [0.25, 0.3) is 0 Å². The van der Waals surface area contributed by atoms with Crippen LogP contribution in [0.5, 0.6) is 5.75 Å². The van der Waals surface area contributed by atoms with Gasteiger partial charge in [-0.1, -0.05) is 77.3 Å². The molecule has 1 unspecified atom stereocenters. The molecule has 2 rings (SSSR count). The Morgan fingerprint density at radius 2 is 1.67 bits per heavy atom. The lowest BCUT2D eigenvalue weighted by Crippen LogP contribution is -2.22. The Bertz CT molecular complexity index is 536. The van der Waals surface area contributed by atoms with Crippen LogP contribution in [0.1, 0.15) is 90.0 Å². The summed E-state index contributed by atoms with van der Waals surface area (Å²) in [5, 5.41) is 9.69. The summed E-state index contributed by atoms with van der Waals surface area (Å²) in [5.74, 6) is 2.62. The van der Waals surface area contributed by atoms with Gasteiger partial charge in [-0.15, -0.1) is 0 Å². The zero-order chi connectivity index (χ0) is 19.3. The standard InChI is InChI=1S/C25H39NO/c1-3-5-6-7-8-18-27-25-16-12-22(13-17-25)19-24(20-26)23-14-10-21(9-4-2)11-15-23/h12-13,16-17,21,23-24H,3-11,14-15,18-19H2,1-2H3. The van der Waals surface area contributed by atoms with Gasteiger partial charge in [0.05, 0.1) is 18.6 Å². The van der Waals surface area contributed by atoms with Crippen molar-refractivity contribution >= 4 is 0 Å². The maximum Gasteiger partial charge on any atom is 0.119 e. The van der Waals surface area contributed by atoms with Gasteiger partial charge in [-0.25, -0.2) is 0 Å². The molecule has 0 aromatic heterocycles. The van der Waals surface area contributed by atoms with Crippen molar-refractivity contribution < 1.29 is 4.74 Å². The number of hydrogen-bond acceptors (Lipinski definition) is 2. The predicted molar refractivity (Wildman–Crippen MR) is 114 cm³/mol. The van der Waals surface area contributed by atoms with Crippen molar-refractivity contribution in [2.24, 2.45) is 17.8 Å². The van der Waals surface area contributed by atoms with E-state index in [0.29, 0.717) is 5.92 Å². The van der Waals surface area contributed by atoms with E-state index in [0.717, 1.165) is 31.1 Å². The van der Waals surface area contributed by atoms with Gasteiger partial charge in [0.1, 0.15) is 5.75 Å².